The fourth-order valence-corrected chi connectivity index (χ4v) is 4.06. The second kappa shape index (κ2) is 7.88. The zero-order chi connectivity index (χ0) is 16.9. The number of aromatic nitrogens is 1. The second-order valence-electron chi connectivity index (χ2n) is 6.31. The number of amides is 1. The first kappa shape index (κ1) is 17.1. The van der Waals surface area contributed by atoms with Crippen LogP contribution < -0.4 is 5.32 Å². The minimum Gasteiger partial charge on any atom is -0.396 e. The van der Waals surface area contributed by atoms with Crippen LogP contribution in [0.4, 0.5) is 0 Å². The van der Waals surface area contributed by atoms with Crippen LogP contribution in [-0.4, -0.2) is 46.6 Å². The Morgan fingerprint density at radius 3 is 3.04 bits per heavy atom. The van der Waals surface area contributed by atoms with Crippen molar-refractivity contribution >= 4 is 17.2 Å². The average Bonchev–Trinajstić information content (AvgIpc) is 3.01. The third kappa shape index (κ3) is 4.01. The molecule has 0 bridgehead atoms. The lowest BCUT2D eigenvalue weighted by Gasteiger charge is -2.38. The molecule has 0 unspecified atom stereocenters. The summed E-state index contributed by atoms with van der Waals surface area (Å²) in [5.41, 5.74) is 1.88. The molecule has 1 aliphatic rings. The van der Waals surface area contributed by atoms with Gasteiger partial charge in [0.2, 0.25) is 0 Å². The normalized spacial score (nSPS) is 21.6. The fraction of sp³-hybridized carbons (Fsp3) is 0.444. The maximum atomic E-state index is 12.4. The maximum absolute atomic E-state index is 12.4. The van der Waals surface area contributed by atoms with Crippen molar-refractivity contribution in [1.29, 1.82) is 0 Å². The zero-order valence-electron chi connectivity index (χ0n) is 13.8. The quantitative estimate of drug-likeness (QED) is 0.871. The number of rotatable bonds is 5. The predicted octanol–water partition coefficient (Wildman–Crippen LogP) is 2.06. The van der Waals surface area contributed by atoms with Crippen LogP contribution in [0.1, 0.15) is 27.2 Å². The summed E-state index contributed by atoms with van der Waals surface area (Å²) in [4.78, 5) is 20.1. The van der Waals surface area contributed by atoms with Crippen LogP contribution in [0.15, 0.2) is 36.0 Å². The van der Waals surface area contributed by atoms with Gasteiger partial charge < -0.3 is 10.4 Å². The molecule has 5 nitrogen and oxygen atoms in total. The Kier molecular flexibility index (Phi) is 5.60. The van der Waals surface area contributed by atoms with Crippen molar-refractivity contribution in [3.63, 3.8) is 0 Å². The number of piperidine rings is 1. The number of likely N-dealkylation sites (tertiary alicyclic amines) is 1. The smallest absolute Gasteiger partial charge is 0.253 e. The highest BCUT2D eigenvalue weighted by atomic mass is 32.1. The van der Waals surface area contributed by atoms with Gasteiger partial charge in [-0.15, -0.1) is 11.3 Å². The zero-order valence-corrected chi connectivity index (χ0v) is 14.6. The molecule has 1 amide bonds. The summed E-state index contributed by atoms with van der Waals surface area (Å²) in [6.07, 6.45) is 4.11. The van der Waals surface area contributed by atoms with Crippen molar-refractivity contribution < 1.29 is 9.90 Å². The SMILES string of the molecule is Cc1ccsc1CN1CC[C@H](CO)[C@H](NC(=O)c2cccnc2)C1. The van der Waals surface area contributed by atoms with Crippen LogP contribution in [0.3, 0.4) is 0 Å². The Hall–Kier alpha value is -1.76. The number of nitrogens with zero attached hydrogens (tertiary/aromatic N) is 2. The Morgan fingerprint density at radius 1 is 1.50 bits per heavy atom. The molecule has 6 heteroatoms. The van der Waals surface area contributed by atoms with Gasteiger partial charge in [-0.1, -0.05) is 0 Å². The first-order chi connectivity index (χ1) is 11.7. The number of pyridine rings is 1. The van der Waals surface area contributed by atoms with E-state index in [0.717, 1.165) is 26.1 Å². The third-order valence-corrected chi connectivity index (χ3v) is 5.66. The average molecular weight is 345 g/mol. The summed E-state index contributed by atoms with van der Waals surface area (Å²) in [5, 5.41) is 14.9. The van der Waals surface area contributed by atoms with Gasteiger partial charge in [-0.25, -0.2) is 0 Å². The summed E-state index contributed by atoms with van der Waals surface area (Å²) in [6, 6.07) is 5.61. The van der Waals surface area contributed by atoms with Crippen molar-refractivity contribution in [3.8, 4) is 0 Å². The largest absolute Gasteiger partial charge is 0.396 e. The van der Waals surface area contributed by atoms with E-state index >= 15 is 0 Å². The summed E-state index contributed by atoms with van der Waals surface area (Å²) in [6.45, 7) is 4.84. The van der Waals surface area contributed by atoms with Gasteiger partial charge in [0.1, 0.15) is 0 Å². The maximum Gasteiger partial charge on any atom is 0.253 e. The predicted molar refractivity (Wildman–Crippen MR) is 95.0 cm³/mol. The van der Waals surface area contributed by atoms with Crippen LogP contribution in [0.5, 0.6) is 0 Å². The molecule has 2 atom stereocenters. The monoisotopic (exact) mass is 345 g/mol. The van der Waals surface area contributed by atoms with Crippen molar-refractivity contribution in [1.82, 2.24) is 15.2 Å². The molecular formula is C18H23N3O2S. The van der Waals surface area contributed by atoms with Gasteiger partial charge in [0.05, 0.1) is 5.56 Å². The van der Waals surface area contributed by atoms with Gasteiger partial charge in [-0.2, -0.15) is 0 Å². The summed E-state index contributed by atoms with van der Waals surface area (Å²) < 4.78 is 0. The Labute approximate surface area is 146 Å². The summed E-state index contributed by atoms with van der Waals surface area (Å²) in [5.74, 6) is -0.0213. The molecule has 0 spiro atoms. The van der Waals surface area contributed by atoms with E-state index in [1.807, 2.05) is 0 Å². The van der Waals surface area contributed by atoms with E-state index in [1.165, 1.54) is 10.4 Å². The van der Waals surface area contributed by atoms with Gasteiger partial charge >= 0.3 is 0 Å². The van der Waals surface area contributed by atoms with E-state index in [2.05, 4.69) is 33.6 Å². The number of carbonyl (C=O) groups excluding carboxylic acids is 1. The first-order valence-electron chi connectivity index (χ1n) is 8.24. The molecule has 2 N–H and O–H groups in total. The second-order valence-corrected chi connectivity index (χ2v) is 7.32. The van der Waals surface area contributed by atoms with Crippen molar-refractivity contribution in [2.24, 2.45) is 5.92 Å². The van der Waals surface area contributed by atoms with E-state index in [4.69, 9.17) is 0 Å². The first-order valence-corrected chi connectivity index (χ1v) is 9.12. The molecule has 0 saturated carbocycles. The number of carbonyl (C=O) groups is 1. The standard InChI is InChI=1S/C18H23N3O2S/c1-13-5-8-24-17(13)11-21-7-4-15(12-22)16(10-21)20-18(23)14-3-2-6-19-9-14/h2-3,5-6,8-9,15-16,22H,4,7,10-12H2,1H3,(H,20,23)/t15-,16-/m1/s1. The fourth-order valence-electron chi connectivity index (χ4n) is 3.11. The Morgan fingerprint density at radius 2 is 2.38 bits per heavy atom. The van der Waals surface area contributed by atoms with E-state index in [1.54, 1.807) is 35.9 Å². The van der Waals surface area contributed by atoms with E-state index in [-0.39, 0.29) is 24.5 Å². The van der Waals surface area contributed by atoms with Crippen LogP contribution >= 0.6 is 11.3 Å². The van der Waals surface area contributed by atoms with E-state index in [9.17, 15) is 9.90 Å². The van der Waals surface area contributed by atoms with Gasteiger partial charge in [0.25, 0.3) is 5.91 Å². The number of aliphatic hydroxyl groups excluding tert-OH is 1. The van der Waals surface area contributed by atoms with Gasteiger partial charge in [0.15, 0.2) is 0 Å². The molecule has 24 heavy (non-hydrogen) atoms. The van der Waals surface area contributed by atoms with Crippen LogP contribution in [0, 0.1) is 12.8 Å². The lowest BCUT2D eigenvalue weighted by molar-refractivity contribution is 0.0732. The molecule has 1 saturated heterocycles. The molecule has 2 aromatic rings. The van der Waals surface area contributed by atoms with Gasteiger partial charge in [-0.3, -0.25) is 14.7 Å². The van der Waals surface area contributed by atoms with Gasteiger partial charge in [0, 0.05) is 48.9 Å². The Balaban J connectivity index is 1.65. The van der Waals surface area contributed by atoms with Crippen molar-refractivity contribution in [2.45, 2.75) is 25.9 Å². The lowest BCUT2D eigenvalue weighted by Crippen LogP contribution is -2.53. The lowest BCUT2D eigenvalue weighted by atomic mass is 9.92. The number of hydrogen-bond donors (Lipinski definition) is 2. The summed E-state index contributed by atoms with van der Waals surface area (Å²) >= 11 is 1.78. The number of aliphatic hydroxyl groups is 1. The van der Waals surface area contributed by atoms with Crippen LogP contribution in [0.25, 0.3) is 0 Å². The Bertz CT molecular complexity index is 674. The number of hydrogen-bond acceptors (Lipinski definition) is 5. The van der Waals surface area contributed by atoms with Gasteiger partial charge in [-0.05, 0) is 49.0 Å². The molecule has 1 fully saturated rings. The summed E-state index contributed by atoms with van der Waals surface area (Å²) in [7, 11) is 0. The molecular weight excluding hydrogens is 322 g/mol. The number of thiophene rings is 1. The molecule has 128 valence electrons. The third-order valence-electron chi connectivity index (χ3n) is 4.65. The van der Waals surface area contributed by atoms with Crippen molar-refractivity contribution in [3.05, 3.63) is 52.0 Å². The van der Waals surface area contributed by atoms with Crippen LogP contribution in [0.2, 0.25) is 0 Å². The van der Waals surface area contributed by atoms with E-state index in [0.29, 0.717) is 5.56 Å². The molecule has 3 heterocycles. The minimum atomic E-state index is -0.124. The molecule has 0 radical (unpaired) electrons. The number of nitrogens with one attached hydrogen (secondary N) is 1. The molecule has 0 aromatic carbocycles. The molecule has 0 aliphatic carbocycles. The molecule has 3 rings (SSSR count). The molecule has 2 aromatic heterocycles. The highest BCUT2D eigenvalue weighted by Gasteiger charge is 2.30. The minimum absolute atomic E-state index is 0.0447. The number of aryl methyl sites for hydroxylation is 1. The van der Waals surface area contributed by atoms with Crippen LogP contribution in [-0.2, 0) is 6.54 Å². The van der Waals surface area contributed by atoms with E-state index < -0.39 is 0 Å². The highest BCUT2D eigenvalue weighted by molar-refractivity contribution is 7.10. The topological polar surface area (TPSA) is 65.5 Å². The molecule has 1 aliphatic heterocycles. The van der Waals surface area contributed by atoms with Crippen molar-refractivity contribution in [2.75, 3.05) is 19.7 Å². The highest BCUT2D eigenvalue weighted by Crippen LogP contribution is 2.23.